The summed E-state index contributed by atoms with van der Waals surface area (Å²) in [5, 5.41) is 3.87. The maximum Gasteiger partial charge on any atom is 0.263 e. The Balaban J connectivity index is 1.43. The minimum atomic E-state index is -3.55. The molecule has 0 bridgehead atoms. The van der Waals surface area contributed by atoms with Crippen molar-refractivity contribution in [1.82, 2.24) is 10.0 Å². The van der Waals surface area contributed by atoms with Crippen molar-refractivity contribution in [1.29, 1.82) is 0 Å². The van der Waals surface area contributed by atoms with Crippen LogP contribution in [0.1, 0.15) is 24.0 Å². The van der Waals surface area contributed by atoms with Crippen molar-refractivity contribution in [2.45, 2.75) is 24.2 Å². The topological polar surface area (TPSA) is 87.6 Å². The number of carbonyl (C=O) groups excluding carboxylic acids is 1. The molecule has 0 aromatic heterocycles. The van der Waals surface area contributed by atoms with E-state index in [1.165, 1.54) is 6.07 Å². The third kappa shape index (κ3) is 5.04. The van der Waals surface area contributed by atoms with Crippen LogP contribution in [0.2, 0.25) is 10.0 Å². The molecule has 1 aliphatic heterocycles. The molecule has 0 unspecified atom stereocenters. The highest BCUT2D eigenvalue weighted by Gasteiger charge is 2.29. The Kier molecular flexibility index (Phi) is 6.59. The number of sulfonamides is 1. The number of halogens is 2. The van der Waals surface area contributed by atoms with Crippen LogP contribution in [0.4, 0.5) is 0 Å². The summed E-state index contributed by atoms with van der Waals surface area (Å²) in [5.74, 6) is 0.149. The van der Waals surface area contributed by atoms with Gasteiger partial charge in [-0.1, -0.05) is 41.4 Å². The van der Waals surface area contributed by atoms with E-state index in [4.69, 9.17) is 23.2 Å². The van der Waals surface area contributed by atoms with Crippen LogP contribution in [-0.2, 0) is 21.2 Å². The van der Waals surface area contributed by atoms with Crippen molar-refractivity contribution in [3.05, 3.63) is 63.6 Å². The molecule has 0 atom stereocenters. The smallest absolute Gasteiger partial charge is 0.263 e. The normalized spacial score (nSPS) is 15.9. The Morgan fingerprint density at radius 1 is 1.11 bits per heavy atom. The predicted octanol–water partition coefficient (Wildman–Crippen LogP) is 3.17. The molecule has 2 aromatic rings. The molecule has 0 saturated carbocycles. The van der Waals surface area contributed by atoms with E-state index in [0.29, 0.717) is 22.2 Å². The van der Waals surface area contributed by atoms with Gasteiger partial charge >= 0.3 is 0 Å². The molecule has 1 heterocycles. The van der Waals surface area contributed by atoms with Gasteiger partial charge in [0.05, 0.1) is 21.5 Å². The summed E-state index contributed by atoms with van der Waals surface area (Å²) >= 11 is 11.9. The van der Waals surface area contributed by atoms with Gasteiger partial charge in [-0.15, -0.1) is 0 Å². The van der Waals surface area contributed by atoms with Crippen molar-refractivity contribution in [2.24, 2.45) is 4.99 Å². The molecular formula is C19H19Cl2N3O3S. The Morgan fingerprint density at radius 3 is 2.68 bits per heavy atom. The standard InChI is InChI=1S/C19H19Cl2N3O3S/c20-15-8-7-13(12-16(15)21)4-3-10-22-18(25)9-11-23-19-14-5-1-2-6-17(14)28(26,27)24-19/h1-2,5-8,12H,3-4,9-11H2,(H,22,25)(H,23,24). The van der Waals surface area contributed by atoms with Crippen molar-refractivity contribution >= 4 is 45.0 Å². The number of hydrogen-bond donors (Lipinski definition) is 2. The Hall–Kier alpha value is -2.09. The summed E-state index contributed by atoms with van der Waals surface area (Å²) in [7, 11) is -3.55. The number of carbonyl (C=O) groups is 1. The number of nitrogens with zero attached hydrogens (tertiary/aromatic N) is 1. The average molecular weight is 440 g/mol. The number of aryl methyl sites for hydroxylation is 1. The maximum atomic E-state index is 12.0. The van der Waals surface area contributed by atoms with Crippen molar-refractivity contribution < 1.29 is 13.2 Å². The second kappa shape index (κ2) is 8.94. The second-order valence-electron chi connectivity index (χ2n) is 6.28. The lowest BCUT2D eigenvalue weighted by Gasteiger charge is -2.06. The van der Waals surface area contributed by atoms with Gasteiger partial charge in [0, 0.05) is 18.5 Å². The number of aliphatic imine (C=N–C) groups is 1. The largest absolute Gasteiger partial charge is 0.356 e. The number of amides is 1. The Morgan fingerprint density at radius 2 is 1.89 bits per heavy atom. The first-order valence-electron chi connectivity index (χ1n) is 8.74. The molecule has 3 rings (SSSR count). The maximum absolute atomic E-state index is 12.0. The molecule has 0 radical (unpaired) electrons. The van der Waals surface area contributed by atoms with Gasteiger partial charge in [0.1, 0.15) is 5.84 Å². The molecule has 9 heteroatoms. The van der Waals surface area contributed by atoms with Gasteiger partial charge in [-0.25, -0.2) is 8.42 Å². The first-order chi connectivity index (χ1) is 13.4. The number of hydrogen-bond acceptors (Lipinski definition) is 4. The fourth-order valence-corrected chi connectivity index (χ4v) is 4.40. The van der Waals surface area contributed by atoms with E-state index in [1.807, 2.05) is 12.1 Å². The minimum Gasteiger partial charge on any atom is -0.356 e. The van der Waals surface area contributed by atoms with Crippen LogP contribution in [0.25, 0.3) is 0 Å². The highest BCUT2D eigenvalue weighted by atomic mass is 35.5. The van der Waals surface area contributed by atoms with E-state index in [1.54, 1.807) is 24.3 Å². The van der Waals surface area contributed by atoms with Gasteiger partial charge in [-0.05, 0) is 42.7 Å². The van der Waals surface area contributed by atoms with E-state index < -0.39 is 10.0 Å². The van der Waals surface area contributed by atoms with Crippen LogP contribution in [0.3, 0.4) is 0 Å². The molecule has 28 heavy (non-hydrogen) atoms. The molecule has 0 spiro atoms. The molecule has 6 nitrogen and oxygen atoms in total. The molecular weight excluding hydrogens is 421 g/mol. The lowest BCUT2D eigenvalue weighted by molar-refractivity contribution is -0.120. The lowest BCUT2D eigenvalue weighted by Crippen LogP contribution is -2.26. The zero-order valence-corrected chi connectivity index (χ0v) is 17.2. The predicted molar refractivity (Wildman–Crippen MR) is 111 cm³/mol. The van der Waals surface area contributed by atoms with E-state index in [9.17, 15) is 13.2 Å². The fourth-order valence-electron chi connectivity index (χ4n) is 2.82. The summed E-state index contributed by atoms with van der Waals surface area (Å²) < 4.78 is 26.4. The van der Waals surface area contributed by atoms with Crippen LogP contribution in [0.5, 0.6) is 0 Å². The van der Waals surface area contributed by atoms with Crippen LogP contribution in [-0.4, -0.2) is 33.3 Å². The first-order valence-corrected chi connectivity index (χ1v) is 11.0. The lowest BCUT2D eigenvalue weighted by atomic mass is 10.1. The zero-order chi connectivity index (χ0) is 20.1. The van der Waals surface area contributed by atoms with E-state index in [0.717, 1.165) is 18.4 Å². The first kappa shape index (κ1) is 20.6. The van der Waals surface area contributed by atoms with Gasteiger partial charge in [0.15, 0.2) is 0 Å². The van der Waals surface area contributed by atoms with E-state index in [-0.39, 0.29) is 29.6 Å². The highest BCUT2D eigenvalue weighted by molar-refractivity contribution is 7.90. The fraction of sp³-hybridized carbons (Fsp3) is 0.263. The third-order valence-electron chi connectivity index (χ3n) is 4.22. The van der Waals surface area contributed by atoms with Crippen molar-refractivity contribution in [3.8, 4) is 0 Å². The van der Waals surface area contributed by atoms with E-state index >= 15 is 0 Å². The monoisotopic (exact) mass is 439 g/mol. The van der Waals surface area contributed by atoms with Gasteiger partial charge in [0.2, 0.25) is 5.91 Å². The molecule has 0 aliphatic carbocycles. The Bertz CT molecular complexity index is 1020. The zero-order valence-electron chi connectivity index (χ0n) is 14.9. The van der Waals surface area contributed by atoms with Gasteiger partial charge in [-0.3, -0.25) is 14.5 Å². The second-order valence-corrected chi connectivity index (χ2v) is 8.75. The van der Waals surface area contributed by atoms with Crippen molar-refractivity contribution in [2.75, 3.05) is 13.1 Å². The van der Waals surface area contributed by atoms with Gasteiger partial charge in [0.25, 0.3) is 10.0 Å². The molecule has 2 N–H and O–H groups in total. The molecule has 0 saturated heterocycles. The van der Waals surface area contributed by atoms with Gasteiger partial charge < -0.3 is 5.32 Å². The quantitative estimate of drug-likeness (QED) is 0.649. The third-order valence-corrected chi connectivity index (χ3v) is 6.36. The summed E-state index contributed by atoms with van der Waals surface area (Å²) in [6.45, 7) is 0.732. The number of rotatable bonds is 7. The minimum absolute atomic E-state index is 0.132. The van der Waals surface area contributed by atoms with Crippen LogP contribution in [0, 0.1) is 0 Å². The van der Waals surface area contributed by atoms with Gasteiger partial charge in [-0.2, -0.15) is 0 Å². The molecule has 148 valence electrons. The SMILES string of the molecule is O=C(CCN=C1NS(=O)(=O)c2ccccc21)NCCCc1ccc(Cl)c(Cl)c1. The van der Waals surface area contributed by atoms with Crippen LogP contribution >= 0.6 is 23.2 Å². The number of nitrogens with one attached hydrogen (secondary N) is 2. The molecule has 2 aromatic carbocycles. The van der Waals surface area contributed by atoms with Crippen LogP contribution in [0.15, 0.2) is 52.4 Å². The molecule has 1 amide bonds. The summed E-state index contributed by atoms with van der Waals surface area (Å²) in [5.41, 5.74) is 1.59. The average Bonchev–Trinajstić information content (AvgIpc) is 2.92. The van der Waals surface area contributed by atoms with Crippen LogP contribution < -0.4 is 10.0 Å². The summed E-state index contributed by atoms with van der Waals surface area (Å²) in [6, 6.07) is 12.1. The molecule has 1 aliphatic rings. The summed E-state index contributed by atoms with van der Waals surface area (Å²) in [6.07, 6.45) is 1.73. The Labute approximate surface area is 174 Å². The number of benzene rings is 2. The number of amidine groups is 1. The van der Waals surface area contributed by atoms with E-state index in [2.05, 4.69) is 15.0 Å². The number of fused-ring (bicyclic) bond motifs is 1. The molecule has 0 fully saturated rings. The summed E-state index contributed by atoms with van der Waals surface area (Å²) in [4.78, 5) is 16.4. The highest BCUT2D eigenvalue weighted by Crippen LogP contribution is 2.23. The van der Waals surface area contributed by atoms with Crippen molar-refractivity contribution in [3.63, 3.8) is 0 Å².